The highest BCUT2D eigenvalue weighted by Crippen LogP contribution is 2.13. The number of nitrogens with zero attached hydrogens (tertiary/aromatic N) is 1. The van der Waals surface area contributed by atoms with Crippen LogP contribution >= 0.6 is 0 Å². The molecule has 3 aromatic rings. The van der Waals surface area contributed by atoms with Crippen molar-refractivity contribution in [3.05, 3.63) is 90.1 Å². The fourth-order valence-electron chi connectivity index (χ4n) is 2.85. The molecule has 156 valence electrons. The molecular weight excluding hydrogens is 387 g/mol. The van der Waals surface area contributed by atoms with E-state index >= 15 is 0 Å². The van der Waals surface area contributed by atoms with E-state index < -0.39 is 6.04 Å². The van der Waals surface area contributed by atoms with Gasteiger partial charge in [0.2, 0.25) is 5.91 Å². The highest BCUT2D eigenvalue weighted by Gasteiger charge is 2.26. The van der Waals surface area contributed by atoms with Crippen LogP contribution in [0.5, 0.6) is 5.75 Å². The number of carbonyl (C=O) groups is 2. The second-order valence-electron chi connectivity index (χ2n) is 6.72. The van der Waals surface area contributed by atoms with E-state index in [1.807, 2.05) is 6.07 Å². The number of furan rings is 1. The van der Waals surface area contributed by atoms with Crippen molar-refractivity contribution in [1.29, 1.82) is 0 Å². The van der Waals surface area contributed by atoms with E-state index in [0.717, 1.165) is 0 Å². The molecule has 7 heteroatoms. The maximum absolute atomic E-state index is 13.2. The molecule has 2 aromatic carbocycles. The van der Waals surface area contributed by atoms with Gasteiger partial charge in [0.15, 0.2) is 6.61 Å². The van der Waals surface area contributed by atoms with Gasteiger partial charge in [0.1, 0.15) is 23.4 Å². The second kappa shape index (κ2) is 10.2. The molecule has 1 aromatic heterocycles. The highest BCUT2D eigenvalue weighted by atomic mass is 19.1. The average molecular weight is 410 g/mol. The zero-order valence-corrected chi connectivity index (χ0v) is 16.6. The van der Waals surface area contributed by atoms with E-state index in [9.17, 15) is 14.0 Å². The molecule has 1 heterocycles. The van der Waals surface area contributed by atoms with Crippen LogP contribution in [0.4, 0.5) is 4.39 Å². The largest absolute Gasteiger partial charge is 0.484 e. The molecule has 1 N–H and O–H groups in total. The number of benzene rings is 2. The number of rotatable bonds is 9. The van der Waals surface area contributed by atoms with Crippen molar-refractivity contribution in [2.45, 2.75) is 26.1 Å². The molecule has 6 nitrogen and oxygen atoms in total. The Balaban J connectivity index is 1.68. The van der Waals surface area contributed by atoms with Crippen LogP contribution in [0.3, 0.4) is 0 Å². The lowest BCUT2D eigenvalue weighted by Gasteiger charge is -2.28. The second-order valence-corrected chi connectivity index (χ2v) is 6.72. The van der Waals surface area contributed by atoms with Gasteiger partial charge >= 0.3 is 0 Å². The molecule has 0 spiro atoms. The first-order valence-electron chi connectivity index (χ1n) is 9.55. The van der Waals surface area contributed by atoms with E-state index in [4.69, 9.17) is 9.15 Å². The first-order valence-corrected chi connectivity index (χ1v) is 9.55. The predicted molar refractivity (Wildman–Crippen MR) is 109 cm³/mol. The minimum Gasteiger partial charge on any atom is -0.484 e. The van der Waals surface area contributed by atoms with Crippen LogP contribution < -0.4 is 10.1 Å². The van der Waals surface area contributed by atoms with Crippen LogP contribution in [0.1, 0.15) is 18.2 Å². The molecule has 0 saturated carbocycles. The lowest BCUT2D eigenvalue weighted by molar-refractivity contribution is -0.142. The summed E-state index contributed by atoms with van der Waals surface area (Å²) in [6.07, 6.45) is 1.52. The van der Waals surface area contributed by atoms with E-state index in [1.165, 1.54) is 23.3 Å². The molecule has 1 atom stereocenters. The Morgan fingerprint density at radius 2 is 1.80 bits per heavy atom. The highest BCUT2D eigenvalue weighted by molar-refractivity contribution is 5.87. The van der Waals surface area contributed by atoms with E-state index in [-0.39, 0.29) is 37.3 Å². The zero-order chi connectivity index (χ0) is 21.3. The van der Waals surface area contributed by atoms with E-state index in [0.29, 0.717) is 17.1 Å². The molecular formula is C23H23FN2O4. The number of para-hydroxylation sites is 1. The quantitative estimate of drug-likeness (QED) is 0.586. The van der Waals surface area contributed by atoms with Crippen molar-refractivity contribution in [2.24, 2.45) is 0 Å². The minimum atomic E-state index is -0.767. The van der Waals surface area contributed by atoms with Gasteiger partial charge in [-0.15, -0.1) is 0 Å². The van der Waals surface area contributed by atoms with Gasteiger partial charge < -0.3 is 19.4 Å². The monoisotopic (exact) mass is 410 g/mol. The number of carbonyl (C=O) groups excluding carboxylic acids is 2. The molecule has 3 rings (SSSR count). The summed E-state index contributed by atoms with van der Waals surface area (Å²) in [5.74, 6) is 0.112. The van der Waals surface area contributed by atoms with Crippen molar-refractivity contribution in [1.82, 2.24) is 10.2 Å². The summed E-state index contributed by atoms with van der Waals surface area (Å²) >= 11 is 0. The van der Waals surface area contributed by atoms with Gasteiger partial charge in [0, 0.05) is 6.54 Å². The van der Waals surface area contributed by atoms with Gasteiger partial charge in [0.05, 0.1) is 12.8 Å². The molecule has 0 aliphatic carbocycles. The van der Waals surface area contributed by atoms with Gasteiger partial charge in [-0.1, -0.05) is 30.3 Å². The van der Waals surface area contributed by atoms with Gasteiger partial charge in [-0.05, 0) is 48.9 Å². The first kappa shape index (κ1) is 21.1. The zero-order valence-electron chi connectivity index (χ0n) is 16.6. The molecule has 2 amide bonds. The van der Waals surface area contributed by atoms with Crippen molar-refractivity contribution in [3.8, 4) is 5.75 Å². The van der Waals surface area contributed by atoms with Gasteiger partial charge in [-0.2, -0.15) is 0 Å². The van der Waals surface area contributed by atoms with Crippen LogP contribution in [-0.2, 0) is 22.7 Å². The Morgan fingerprint density at radius 1 is 1.07 bits per heavy atom. The molecule has 0 aliphatic heterocycles. The molecule has 0 unspecified atom stereocenters. The first-order chi connectivity index (χ1) is 14.5. The summed E-state index contributed by atoms with van der Waals surface area (Å²) < 4.78 is 24.0. The van der Waals surface area contributed by atoms with Crippen molar-refractivity contribution in [3.63, 3.8) is 0 Å². The van der Waals surface area contributed by atoms with Crippen LogP contribution in [0.2, 0.25) is 0 Å². The van der Waals surface area contributed by atoms with Gasteiger partial charge in [-0.3, -0.25) is 9.59 Å². The lowest BCUT2D eigenvalue weighted by Crippen LogP contribution is -2.48. The molecule has 0 aliphatic rings. The Morgan fingerprint density at radius 3 is 2.47 bits per heavy atom. The minimum absolute atomic E-state index is 0.145. The summed E-state index contributed by atoms with van der Waals surface area (Å²) in [7, 11) is 0. The SMILES string of the molecule is C[C@H](C(=O)NCc1ccco1)N(Cc1ccc(F)cc1)C(=O)COc1ccccc1. The standard InChI is InChI=1S/C23H23FN2O4/c1-17(23(28)25-14-21-8-5-13-29-21)26(15-18-9-11-19(24)12-10-18)22(27)16-30-20-6-3-2-4-7-20/h2-13,17H,14-16H2,1H3,(H,25,28)/t17-/m1/s1. The number of ether oxygens (including phenoxy) is 1. The number of hydrogen-bond donors (Lipinski definition) is 1. The summed E-state index contributed by atoms with van der Waals surface area (Å²) in [5, 5.41) is 2.76. The topological polar surface area (TPSA) is 71.8 Å². The van der Waals surface area contributed by atoms with Crippen molar-refractivity contribution < 1.29 is 23.1 Å². The Bertz CT molecular complexity index is 943. The van der Waals surface area contributed by atoms with E-state index in [1.54, 1.807) is 55.5 Å². The van der Waals surface area contributed by atoms with Crippen LogP contribution in [0.25, 0.3) is 0 Å². The number of halogens is 1. The fraction of sp³-hybridized carbons (Fsp3) is 0.217. The maximum Gasteiger partial charge on any atom is 0.261 e. The smallest absolute Gasteiger partial charge is 0.261 e. The third-order valence-electron chi connectivity index (χ3n) is 4.56. The van der Waals surface area contributed by atoms with Crippen molar-refractivity contribution >= 4 is 11.8 Å². The predicted octanol–water partition coefficient (Wildman–Crippen LogP) is 3.53. The van der Waals surface area contributed by atoms with Crippen LogP contribution in [0.15, 0.2) is 77.4 Å². The average Bonchev–Trinajstić information content (AvgIpc) is 3.29. The molecule has 0 saturated heterocycles. The van der Waals surface area contributed by atoms with Crippen molar-refractivity contribution in [2.75, 3.05) is 6.61 Å². The van der Waals surface area contributed by atoms with E-state index in [2.05, 4.69) is 5.32 Å². The third-order valence-corrected chi connectivity index (χ3v) is 4.56. The van der Waals surface area contributed by atoms with Crippen LogP contribution in [0, 0.1) is 5.82 Å². The molecule has 30 heavy (non-hydrogen) atoms. The Kier molecular flexibility index (Phi) is 7.21. The Hall–Kier alpha value is -3.61. The number of hydrogen-bond acceptors (Lipinski definition) is 4. The Labute approximate surface area is 174 Å². The fourth-order valence-corrected chi connectivity index (χ4v) is 2.85. The number of nitrogens with one attached hydrogen (secondary N) is 1. The number of amides is 2. The van der Waals surface area contributed by atoms with Gasteiger partial charge in [-0.25, -0.2) is 4.39 Å². The molecule has 0 fully saturated rings. The van der Waals surface area contributed by atoms with Crippen LogP contribution in [-0.4, -0.2) is 29.4 Å². The normalized spacial score (nSPS) is 11.5. The summed E-state index contributed by atoms with van der Waals surface area (Å²) in [4.78, 5) is 27.0. The summed E-state index contributed by atoms with van der Waals surface area (Å²) in [5.41, 5.74) is 0.704. The van der Waals surface area contributed by atoms with Gasteiger partial charge in [0.25, 0.3) is 5.91 Å². The third kappa shape index (κ3) is 5.94. The lowest BCUT2D eigenvalue weighted by atomic mass is 10.1. The molecule has 0 radical (unpaired) electrons. The molecule has 0 bridgehead atoms. The summed E-state index contributed by atoms with van der Waals surface area (Å²) in [6.45, 7) is 1.78. The maximum atomic E-state index is 13.2. The summed E-state index contributed by atoms with van der Waals surface area (Å²) in [6, 6.07) is 17.5.